The van der Waals surface area contributed by atoms with Gasteiger partial charge in [-0.15, -0.1) is 0 Å². The van der Waals surface area contributed by atoms with Crippen LogP contribution in [0.3, 0.4) is 0 Å². The van der Waals surface area contributed by atoms with Crippen molar-refractivity contribution in [3.63, 3.8) is 0 Å². The first kappa shape index (κ1) is 49.2. The van der Waals surface area contributed by atoms with Crippen molar-refractivity contribution in [1.29, 1.82) is 0 Å². The first-order valence-corrected chi connectivity index (χ1v) is 19.7. The molecular formula is C42H57F2N9O8. The summed E-state index contributed by atoms with van der Waals surface area (Å²) >= 11 is 0. The van der Waals surface area contributed by atoms with Gasteiger partial charge in [-0.2, -0.15) is 0 Å². The minimum absolute atomic E-state index is 0.00288. The molecule has 3 aromatic rings. The monoisotopic (exact) mass is 853 g/mol. The molecule has 0 saturated carbocycles. The van der Waals surface area contributed by atoms with Crippen LogP contribution in [0.1, 0.15) is 71.7 Å². The number of nitrogens with two attached hydrogens (primary N) is 2. The summed E-state index contributed by atoms with van der Waals surface area (Å²) in [6.45, 7) is 8.51. The molecule has 332 valence electrons. The largest absolute Gasteiger partial charge is 0.387 e. The van der Waals surface area contributed by atoms with Crippen LogP contribution in [-0.4, -0.2) is 106 Å². The average Bonchev–Trinajstić information content (AvgIpc) is 3.59. The van der Waals surface area contributed by atoms with Crippen molar-refractivity contribution in [2.24, 2.45) is 16.9 Å². The molecule has 19 heteroatoms. The Morgan fingerprint density at radius 3 is 2.05 bits per heavy atom. The molecule has 0 unspecified atom stereocenters. The first-order chi connectivity index (χ1) is 28.7. The lowest BCUT2D eigenvalue weighted by atomic mass is 9.82. The Bertz CT molecular complexity index is 2040. The molecule has 0 aliphatic rings. The summed E-state index contributed by atoms with van der Waals surface area (Å²) in [5, 5.41) is 22.6. The number of carbonyl (C=O) groups is 7. The van der Waals surface area contributed by atoms with Crippen LogP contribution in [0.2, 0.25) is 0 Å². The quantitative estimate of drug-likeness (QED) is 0.0751. The van der Waals surface area contributed by atoms with E-state index in [9.17, 15) is 43.1 Å². The van der Waals surface area contributed by atoms with E-state index in [0.717, 1.165) is 23.8 Å². The Morgan fingerprint density at radius 1 is 0.836 bits per heavy atom. The Kier molecular flexibility index (Phi) is 18.1. The summed E-state index contributed by atoms with van der Waals surface area (Å²) in [6, 6.07) is 7.85. The molecule has 3 rings (SSSR count). The summed E-state index contributed by atoms with van der Waals surface area (Å²) in [4.78, 5) is 91.6. The van der Waals surface area contributed by atoms with Gasteiger partial charge in [0.2, 0.25) is 41.4 Å². The SMILES string of the molecule is CC(=O)N[C@@H](C)C(=O)N[C@H](C)C(=O)N[C@@H](CC(N)=O)C(=O)N[C@@H](CCN(C(=O)CO)[C@@H](c1cc(-c2cc(F)ccc2F)cn1Cc1ccccc1)C(C)(C)C)C(=O)NCCN. The summed E-state index contributed by atoms with van der Waals surface area (Å²) < 4.78 is 31.4. The van der Waals surface area contributed by atoms with Gasteiger partial charge in [0.05, 0.1) is 12.5 Å². The normalized spacial score (nSPS) is 13.7. The van der Waals surface area contributed by atoms with Crippen LogP contribution in [-0.2, 0) is 40.1 Å². The molecule has 0 spiro atoms. The molecule has 61 heavy (non-hydrogen) atoms. The fourth-order valence-electron chi connectivity index (χ4n) is 6.71. The fourth-order valence-corrected chi connectivity index (χ4v) is 6.71. The van der Waals surface area contributed by atoms with Gasteiger partial charge in [0.15, 0.2) is 0 Å². The third kappa shape index (κ3) is 14.5. The second-order valence-electron chi connectivity index (χ2n) is 15.7. The van der Waals surface area contributed by atoms with E-state index in [0.29, 0.717) is 11.3 Å². The van der Waals surface area contributed by atoms with E-state index in [2.05, 4.69) is 26.6 Å². The van der Waals surface area contributed by atoms with Crippen LogP contribution in [0.5, 0.6) is 0 Å². The van der Waals surface area contributed by atoms with Crippen LogP contribution in [0.15, 0.2) is 60.8 Å². The van der Waals surface area contributed by atoms with Crippen molar-refractivity contribution in [3.05, 3.63) is 83.7 Å². The van der Waals surface area contributed by atoms with Gasteiger partial charge in [0, 0.05) is 56.1 Å². The molecule has 1 aromatic heterocycles. The molecule has 5 atom stereocenters. The number of primary amides is 1. The summed E-state index contributed by atoms with van der Waals surface area (Å²) in [5.74, 6) is -6.87. The number of aromatic nitrogens is 1. The molecule has 10 N–H and O–H groups in total. The molecule has 7 amide bonds. The summed E-state index contributed by atoms with van der Waals surface area (Å²) in [5.41, 5.74) is 11.9. The van der Waals surface area contributed by atoms with Crippen molar-refractivity contribution >= 4 is 41.4 Å². The minimum atomic E-state index is -1.62. The van der Waals surface area contributed by atoms with E-state index in [1.807, 2.05) is 51.1 Å². The van der Waals surface area contributed by atoms with Crippen LogP contribution in [0.4, 0.5) is 8.78 Å². The van der Waals surface area contributed by atoms with Gasteiger partial charge in [-0.3, -0.25) is 33.6 Å². The Hall–Kier alpha value is -6.21. The maximum atomic E-state index is 15.2. The minimum Gasteiger partial charge on any atom is -0.387 e. The molecule has 0 radical (unpaired) electrons. The van der Waals surface area contributed by atoms with Crippen LogP contribution in [0, 0.1) is 17.0 Å². The number of aliphatic hydroxyl groups is 1. The molecule has 0 bridgehead atoms. The van der Waals surface area contributed by atoms with Crippen LogP contribution in [0.25, 0.3) is 11.1 Å². The van der Waals surface area contributed by atoms with E-state index < -0.39 is 102 Å². The molecule has 0 aliphatic heterocycles. The Morgan fingerprint density at radius 2 is 1.46 bits per heavy atom. The molecular weight excluding hydrogens is 797 g/mol. The number of carbonyl (C=O) groups excluding carboxylic acids is 7. The lowest BCUT2D eigenvalue weighted by molar-refractivity contribution is -0.140. The van der Waals surface area contributed by atoms with E-state index in [1.54, 1.807) is 16.8 Å². The van der Waals surface area contributed by atoms with E-state index in [4.69, 9.17) is 11.5 Å². The molecule has 0 aliphatic carbocycles. The number of nitrogens with zero attached hydrogens (tertiary/aromatic N) is 2. The summed E-state index contributed by atoms with van der Waals surface area (Å²) in [6.07, 6.45) is 0.675. The standard InChI is InChI=1S/C42H57F2N9O8/c1-24(48-26(3)55)38(58)49-25(2)39(59)51-33(20-35(46)56)41(61)50-32(40(60)47-16-15-45)14-17-53(36(57)23-54)37(42(4,5)6)34-18-28(30-19-29(43)12-13-31(30)44)22-52(34)21-27-10-8-7-9-11-27/h7-13,18-19,22,24-25,32-33,37,54H,14-17,20-21,23,45H2,1-6H3,(H2,46,56)(H,47,60)(H,48,55)(H,49,58)(H,50,61)(H,51,59)/t24-,25+,32-,33-,37-/m0/s1. The molecule has 0 saturated heterocycles. The van der Waals surface area contributed by atoms with Gasteiger partial charge in [-0.25, -0.2) is 8.78 Å². The van der Waals surface area contributed by atoms with Crippen molar-refractivity contribution in [1.82, 2.24) is 36.1 Å². The highest BCUT2D eigenvalue weighted by atomic mass is 19.1. The third-order valence-corrected chi connectivity index (χ3v) is 9.57. The number of aliphatic hydroxyl groups excluding tert-OH is 1. The number of benzene rings is 2. The highest BCUT2D eigenvalue weighted by Crippen LogP contribution is 2.41. The zero-order chi connectivity index (χ0) is 45.6. The van der Waals surface area contributed by atoms with Crippen molar-refractivity contribution < 1.29 is 47.4 Å². The number of hydrogen-bond donors (Lipinski definition) is 8. The lowest BCUT2D eigenvalue weighted by Crippen LogP contribution is -2.58. The average molecular weight is 854 g/mol. The van der Waals surface area contributed by atoms with Gasteiger partial charge >= 0.3 is 0 Å². The number of halogens is 2. The number of rotatable bonds is 21. The van der Waals surface area contributed by atoms with Gasteiger partial charge in [-0.05, 0) is 55.5 Å². The lowest BCUT2D eigenvalue weighted by Gasteiger charge is -2.41. The number of nitrogens with one attached hydrogen (secondary N) is 5. The summed E-state index contributed by atoms with van der Waals surface area (Å²) in [7, 11) is 0. The van der Waals surface area contributed by atoms with Crippen molar-refractivity contribution in [2.45, 2.75) is 91.1 Å². The Balaban J connectivity index is 2.02. The highest BCUT2D eigenvalue weighted by Gasteiger charge is 2.38. The topological polar surface area (TPSA) is 260 Å². The number of hydrogen-bond acceptors (Lipinski definition) is 9. The van der Waals surface area contributed by atoms with Crippen LogP contribution < -0.4 is 38.1 Å². The van der Waals surface area contributed by atoms with Gasteiger partial charge < -0.3 is 52.6 Å². The van der Waals surface area contributed by atoms with Gasteiger partial charge in [0.1, 0.15) is 42.4 Å². The molecule has 2 aromatic carbocycles. The smallest absolute Gasteiger partial charge is 0.248 e. The zero-order valence-corrected chi connectivity index (χ0v) is 35.2. The predicted octanol–water partition coefficient (Wildman–Crippen LogP) is 0.729. The molecule has 0 fully saturated rings. The van der Waals surface area contributed by atoms with Crippen molar-refractivity contribution in [2.75, 3.05) is 26.2 Å². The molecule has 1 heterocycles. The van der Waals surface area contributed by atoms with Crippen LogP contribution >= 0.6 is 0 Å². The zero-order valence-electron chi connectivity index (χ0n) is 35.2. The maximum Gasteiger partial charge on any atom is 0.248 e. The van der Waals surface area contributed by atoms with E-state index in [-0.39, 0.29) is 38.2 Å². The maximum absolute atomic E-state index is 15.2. The highest BCUT2D eigenvalue weighted by molar-refractivity contribution is 5.97. The van der Waals surface area contributed by atoms with E-state index >= 15 is 4.39 Å². The molecule has 17 nitrogen and oxygen atoms in total. The van der Waals surface area contributed by atoms with Gasteiger partial charge in [0.25, 0.3) is 0 Å². The van der Waals surface area contributed by atoms with E-state index in [1.165, 1.54) is 25.7 Å². The fraction of sp³-hybridized carbons (Fsp3) is 0.452. The third-order valence-electron chi connectivity index (χ3n) is 9.57. The van der Waals surface area contributed by atoms with Gasteiger partial charge in [-0.1, -0.05) is 51.1 Å². The first-order valence-electron chi connectivity index (χ1n) is 19.7. The predicted molar refractivity (Wildman–Crippen MR) is 222 cm³/mol. The number of amides is 7. The second kappa shape index (κ2) is 22.4. The van der Waals surface area contributed by atoms with Crippen molar-refractivity contribution in [3.8, 4) is 11.1 Å². The second-order valence-corrected chi connectivity index (χ2v) is 15.7. The Labute approximate surface area is 353 Å².